The van der Waals surface area contributed by atoms with Crippen LogP contribution in [-0.4, -0.2) is 69.6 Å². The number of ether oxygens (including phenoxy) is 2. The van der Waals surface area contributed by atoms with E-state index in [1.165, 1.54) is 31.2 Å². The molecule has 2 rings (SSSR count). The molecule has 1 amide bonds. The van der Waals surface area contributed by atoms with Gasteiger partial charge in [0.1, 0.15) is 30.1 Å². The van der Waals surface area contributed by atoms with E-state index < -0.39 is 49.1 Å². The summed E-state index contributed by atoms with van der Waals surface area (Å²) in [4.78, 5) is 22.1. The fourth-order valence-corrected chi connectivity index (χ4v) is 2.38. The van der Waals surface area contributed by atoms with E-state index in [0.29, 0.717) is 0 Å². The van der Waals surface area contributed by atoms with E-state index in [2.05, 4.69) is 5.32 Å². The first-order chi connectivity index (χ1) is 11.3. The summed E-state index contributed by atoms with van der Waals surface area (Å²) in [5, 5.41) is 40.6. The first kappa shape index (κ1) is 18.1. The SMILES string of the molecule is CC(=O)N[C@@H]1[C@@H](Oc2ccc(C(=O)O)cc2)O[C@H](CO)[C@H](O)[C@H]1O. The van der Waals surface area contributed by atoms with Crippen LogP contribution in [0.25, 0.3) is 0 Å². The number of rotatable bonds is 5. The molecule has 0 saturated carbocycles. The van der Waals surface area contributed by atoms with Gasteiger partial charge >= 0.3 is 5.97 Å². The first-order valence-corrected chi connectivity index (χ1v) is 7.23. The Hall–Kier alpha value is -2.20. The molecule has 0 spiro atoms. The molecule has 24 heavy (non-hydrogen) atoms. The third-order valence-electron chi connectivity index (χ3n) is 3.60. The van der Waals surface area contributed by atoms with Crippen molar-refractivity contribution in [3.63, 3.8) is 0 Å². The number of aliphatic hydroxyl groups is 3. The lowest BCUT2D eigenvalue weighted by molar-refractivity contribution is -0.244. The van der Waals surface area contributed by atoms with Crippen LogP contribution in [0.4, 0.5) is 0 Å². The Morgan fingerprint density at radius 3 is 2.33 bits per heavy atom. The zero-order valence-electron chi connectivity index (χ0n) is 12.8. The van der Waals surface area contributed by atoms with Gasteiger partial charge in [0.2, 0.25) is 12.2 Å². The lowest BCUT2D eigenvalue weighted by Gasteiger charge is -2.42. The van der Waals surface area contributed by atoms with Crippen molar-refractivity contribution < 1.29 is 39.5 Å². The highest BCUT2D eigenvalue weighted by atomic mass is 16.7. The number of nitrogens with one attached hydrogen (secondary N) is 1. The minimum absolute atomic E-state index is 0.0639. The van der Waals surface area contributed by atoms with E-state index in [4.69, 9.17) is 14.6 Å². The van der Waals surface area contributed by atoms with E-state index in [-0.39, 0.29) is 11.3 Å². The number of benzene rings is 1. The van der Waals surface area contributed by atoms with Crippen molar-refractivity contribution in [3.8, 4) is 5.75 Å². The van der Waals surface area contributed by atoms with Crippen LogP contribution in [0.15, 0.2) is 24.3 Å². The van der Waals surface area contributed by atoms with Gasteiger partial charge in [-0.2, -0.15) is 0 Å². The molecule has 9 heteroatoms. The molecule has 1 aromatic carbocycles. The standard InChI is InChI=1S/C15H19NO8/c1-7(18)16-11-13(20)12(19)10(6-17)24-15(11)23-9-4-2-8(3-5-9)14(21)22/h2-5,10-13,15,17,19-20H,6H2,1H3,(H,16,18)(H,21,22)/t10-,11+,12+,13+,15+/m1/s1. The second kappa shape index (κ2) is 7.58. The van der Waals surface area contributed by atoms with Crippen LogP contribution in [-0.2, 0) is 9.53 Å². The molecular formula is C15H19NO8. The van der Waals surface area contributed by atoms with Gasteiger partial charge in [-0.15, -0.1) is 0 Å². The molecule has 1 aliphatic heterocycles. The number of carbonyl (C=O) groups excluding carboxylic acids is 1. The molecular weight excluding hydrogens is 322 g/mol. The van der Waals surface area contributed by atoms with Crippen molar-refractivity contribution in [2.75, 3.05) is 6.61 Å². The van der Waals surface area contributed by atoms with Gasteiger partial charge in [-0.05, 0) is 24.3 Å². The zero-order chi connectivity index (χ0) is 17.9. The van der Waals surface area contributed by atoms with Gasteiger partial charge in [0.05, 0.1) is 12.2 Å². The molecule has 0 unspecified atom stereocenters. The van der Waals surface area contributed by atoms with Gasteiger partial charge in [0.15, 0.2) is 0 Å². The highest BCUT2D eigenvalue weighted by molar-refractivity contribution is 5.87. The summed E-state index contributed by atoms with van der Waals surface area (Å²) >= 11 is 0. The summed E-state index contributed by atoms with van der Waals surface area (Å²) in [5.74, 6) is -1.32. The van der Waals surface area contributed by atoms with Crippen LogP contribution in [0.5, 0.6) is 5.75 Å². The summed E-state index contributed by atoms with van der Waals surface area (Å²) in [6, 6.07) is 4.36. The maximum absolute atomic E-state index is 11.3. The molecule has 9 nitrogen and oxygen atoms in total. The van der Waals surface area contributed by atoms with Crippen molar-refractivity contribution in [1.82, 2.24) is 5.32 Å². The van der Waals surface area contributed by atoms with Crippen LogP contribution in [0, 0.1) is 0 Å². The van der Waals surface area contributed by atoms with E-state index in [1.54, 1.807) is 0 Å². The molecule has 0 bridgehead atoms. The molecule has 5 atom stereocenters. The minimum Gasteiger partial charge on any atom is -0.478 e. The van der Waals surface area contributed by atoms with Crippen molar-refractivity contribution >= 4 is 11.9 Å². The second-order valence-corrected chi connectivity index (χ2v) is 5.38. The number of aromatic carboxylic acids is 1. The smallest absolute Gasteiger partial charge is 0.335 e. The molecule has 1 saturated heterocycles. The quantitative estimate of drug-likeness (QED) is 0.445. The lowest BCUT2D eigenvalue weighted by Crippen LogP contribution is -2.65. The van der Waals surface area contributed by atoms with E-state index in [9.17, 15) is 24.9 Å². The maximum Gasteiger partial charge on any atom is 0.335 e. The monoisotopic (exact) mass is 341 g/mol. The van der Waals surface area contributed by atoms with Gasteiger partial charge in [0.25, 0.3) is 0 Å². The molecule has 0 radical (unpaired) electrons. The van der Waals surface area contributed by atoms with Crippen LogP contribution < -0.4 is 10.1 Å². The van der Waals surface area contributed by atoms with Gasteiger partial charge in [-0.1, -0.05) is 0 Å². The van der Waals surface area contributed by atoms with Crippen molar-refractivity contribution in [2.45, 2.75) is 37.6 Å². The highest BCUT2D eigenvalue weighted by Crippen LogP contribution is 2.24. The predicted octanol–water partition coefficient (Wildman–Crippen LogP) is -1.29. The average Bonchev–Trinajstić information content (AvgIpc) is 2.54. The zero-order valence-corrected chi connectivity index (χ0v) is 12.8. The molecule has 5 N–H and O–H groups in total. The molecule has 1 fully saturated rings. The molecule has 1 heterocycles. The topological polar surface area (TPSA) is 146 Å². The number of carboxylic acids is 1. The molecule has 132 valence electrons. The van der Waals surface area contributed by atoms with Gasteiger partial charge in [-0.3, -0.25) is 4.79 Å². The van der Waals surface area contributed by atoms with E-state index in [0.717, 1.165) is 0 Å². The van der Waals surface area contributed by atoms with Gasteiger partial charge in [-0.25, -0.2) is 4.79 Å². The number of amides is 1. The van der Waals surface area contributed by atoms with Crippen molar-refractivity contribution in [1.29, 1.82) is 0 Å². The van der Waals surface area contributed by atoms with E-state index >= 15 is 0 Å². The lowest BCUT2D eigenvalue weighted by atomic mass is 9.97. The predicted molar refractivity (Wildman–Crippen MR) is 79.4 cm³/mol. The van der Waals surface area contributed by atoms with Crippen LogP contribution in [0.3, 0.4) is 0 Å². The Bertz CT molecular complexity index is 590. The van der Waals surface area contributed by atoms with Crippen LogP contribution >= 0.6 is 0 Å². The number of hydrogen-bond acceptors (Lipinski definition) is 7. The molecule has 1 aromatic rings. The Balaban J connectivity index is 2.19. The minimum atomic E-state index is -1.41. The number of hydrogen-bond donors (Lipinski definition) is 5. The summed E-state index contributed by atoms with van der Waals surface area (Å²) in [7, 11) is 0. The fourth-order valence-electron chi connectivity index (χ4n) is 2.38. The Kier molecular flexibility index (Phi) is 5.73. The first-order valence-electron chi connectivity index (χ1n) is 7.23. The average molecular weight is 341 g/mol. The highest BCUT2D eigenvalue weighted by Gasteiger charge is 2.46. The van der Waals surface area contributed by atoms with Crippen LogP contribution in [0.2, 0.25) is 0 Å². The normalized spacial score (nSPS) is 29.8. The Morgan fingerprint density at radius 1 is 1.21 bits per heavy atom. The summed E-state index contributed by atoms with van der Waals surface area (Å²) < 4.78 is 10.9. The largest absolute Gasteiger partial charge is 0.478 e. The fraction of sp³-hybridized carbons (Fsp3) is 0.467. The maximum atomic E-state index is 11.3. The third-order valence-corrected chi connectivity index (χ3v) is 3.60. The molecule has 0 aromatic heterocycles. The molecule has 1 aliphatic rings. The number of carbonyl (C=O) groups is 2. The van der Waals surface area contributed by atoms with Crippen molar-refractivity contribution in [3.05, 3.63) is 29.8 Å². The Morgan fingerprint density at radius 2 is 1.83 bits per heavy atom. The number of carboxylic acid groups (broad SMARTS) is 1. The summed E-state index contributed by atoms with van der Waals surface area (Å²) in [5.41, 5.74) is 0.0639. The van der Waals surface area contributed by atoms with Crippen molar-refractivity contribution in [2.24, 2.45) is 0 Å². The summed E-state index contributed by atoms with van der Waals surface area (Å²) in [6.45, 7) is 0.679. The second-order valence-electron chi connectivity index (χ2n) is 5.38. The van der Waals surface area contributed by atoms with Gasteiger partial charge < -0.3 is 35.2 Å². The molecule has 0 aliphatic carbocycles. The van der Waals surface area contributed by atoms with E-state index in [1.807, 2.05) is 0 Å². The number of aliphatic hydroxyl groups excluding tert-OH is 3. The van der Waals surface area contributed by atoms with Gasteiger partial charge in [0, 0.05) is 6.92 Å². The Labute approximate surface area is 137 Å². The third kappa shape index (κ3) is 4.01. The van der Waals surface area contributed by atoms with Crippen LogP contribution in [0.1, 0.15) is 17.3 Å². The summed E-state index contributed by atoms with van der Waals surface area (Å²) in [6.07, 6.45) is -5.09.